The molecule has 0 atom stereocenters. The molecule has 2 heteroatoms. The average molecular weight is 160 g/mol. The van der Waals surface area contributed by atoms with Crippen molar-refractivity contribution in [1.29, 1.82) is 0 Å². The first-order valence-electron chi connectivity index (χ1n) is 3.98. The third kappa shape index (κ3) is 0.843. The summed E-state index contributed by atoms with van der Waals surface area (Å²) < 4.78 is 0. The maximum absolute atomic E-state index is 11.6. The molecule has 2 nitrogen and oxygen atoms in total. The van der Waals surface area contributed by atoms with Crippen LogP contribution in [0.25, 0.3) is 5.76 Å². The number of rotatable bonds is 0. The summed E-state index contributed by atoms with van der Waals surface area (Å²) in [7, 11) is 0. The van der Waals surface area contributed by atoms with E-state index in [4.69, 9.17) is 0 Å². The van der Waals surface area contributed by atoms with Gasteiger partial charge in [-0.25, -0.2) is 0 Å². The highest BCUT2D eigenvalue weighted by Gasteiger charge is 2.19. The van der Waals surface area contributed by atoms with E-state index in [1.54, 1.807) is 0 Å². The Morgan fingerprint density at radius 1 is 1.25 bits per heavy atom. The minimum Gasteiger partial charge on any atom is -0.873 e. The van der Waals surface area contributed by atoms with Gasteiger partial charge >= 0.3 is 0 Å². The predicted molar refractivity (Wildman–Crippen MR) is 44.7 cm³/mol. The fourth-order valence-electron chi connectivity index (χ4n) is 1.44. The maximum Gasteiger partial charge on any atom is 0.0675 e. The summed E-state index contributed by atoms with van der Waals surface area (Å²) in [6.07, 6.45) is 0. The summed E-state index contributed by atoms with van der Waals surface area (Å²) in [5.74, 6) is 0.123. The van der Waals surface area contributed by atoms with Crippen LogP contribution in [0.15, 0.2) is 29.3 Å². The summed E-state index contributed by atoms with van der Waals surface area (Å²) in [6, 6.07) is 7.47. The summed E-state index contributed by atoms with van der Waals surface area (Å²) in [4.78, 5) is 4.32. The van der Waals surface area contributed by atoms with E-state index in [0.717, 1.165) is 10.6 Å². The van der Waals surface area contributed by atoms with Gasteiger partial charge in [0, 0.05) is 0 Å². The lowest BCUT2D eigenvalue weighted by Gasteiger charge is -2.23. The van der Waals surface area contributed by atoms with Gasteiger partial charge in [-0.1, -0.05) is 24.0 Å². The lowest BCUT2D eigenvalue weighted by molar-refractivity contribution is -0.258. The molecule has 0 aromatic heterocycles. The first kappa shape index (κ1) is 7.35. The van der Waals surface area contributed by atoms with Gasteiger partial charge in [0.1, 0.15) is 0 Å². The molecule has 0 fully saturated rings. The molecule has 0 saturated carbocycles. The van der Waals surface area contributed by atoms with Gasteiger partial charge in [-0.3, -0.25) is 4.99 Å². The molecule has 12 heavy (non-hydrogen) atoms. The SMILES string of the molecule is CC1(C)N=c2ccccc2=C1[O-]. The van der Waals surface area contributed by atoms with Gasteiger partial charge in [0.2, 0.25) is 0 Å². The number of hydrogen-bond acceptors (Lipinski definition) is 2. The Labute approximate surface area is 70.9 Å². The Kier molecular flexibility index (Phi) is 1.28. The Morgan fingerprint density at radius 2 is 1.92 bits per heavy atom. The molecule has 0 bridgehead atoms. The topological polar surface area (TPSA) is 35.4 Å². The molecular formula is C10H10NO-. The third-order valence-electron chi connectivity index (χ3n) is 2.10. The second-order valence-corrected chi connectivity index (χ2v) is 3.52. The van der Waals surface area contributed by atoms with Crippen LogP contribution in [0.3, 0.4) is 0 Å². The van der Waals surface area contributed by atoms with Crippen molar-refractivity contribution >= 4 is 5.76 Å². The second kappa shape index (κ2) is 2.09. The van der Waals surface area contributed by atoms with Gasteiger partial charge in [0.25, 0.3) is 0 Å². The van der Waals surface area contributed by atoms with Gasteiger partial charge in [-0.05, 0) is 25.1 Å². The minimum atomic E-state index is -0.552. The molecule has 1 aliphatic rings. The Hall–Kier alpha value is -1.31. The molecule has 0 amide bonds. The summed E-state index contributed by atoms with van der Waals surface area (Å²) in [6.45, 7) is 3.69. The number of hydrogen-bond donors (Lipinski definition) is 0. The Balaban J connectivity index is 2.90. The molecule has 0 spiro atoms. The van der Waals surface area contributed by atoms with Crippen molar-refractivity contribution in [2.24, 2.45) is 4.99 Å². The highest BCUT2D eigenvalue weighted by molar-refractivity contribution is 5.47. The fraction of sp³-hybridized carbons (Fsp3) is 0.300. The van der Waals surface area contributed by atoms with Gasteiger partial charge in [0.05, 0.1) is 10.9 Å². The lowest BCUT2D eigenvalue weighted by Crippen LogP contribution is -2.30. The van der Waals surface area contributed by atoms with Crippen LogP contribution in [0.2, 0.25) is 0 Å². The minimum absolute atomic E-state index is 0.123. The molecule has 1 heterocycles. The van der Waals surface area contributed by atoms with Gasteiger partial charge in [-0.15, -0.1) is 0 Å². The van der Waals surface area contributed by atoms with Crippen molar-refractivity contribution in [3.05, 3.63) is 34.8 Å². The van der Waals surface area contributed by atoms with E-state index >= 15 is 0 Å². The fourth-order valence-corrected chi connectivity index (χ4v) is 1.44. The van der Waals surface area contributed by atoms with Crippen LogP contribution in [0, 0.1) is 0 Å². The van der Waals surface area contributed by atoms with Crippen molar-refractivity contribution in [2.45, 2.75) is 19.4 Å². The quantitative estimate of drug-likeness (QED) is 0.507. The molecule has 1 aromatic rings. The van der Waals surface area contributed by atoms with Crippen molar-refractivity contribution in [1.82, 2.24) is 0 Å². The molecule has 0 radical (unpaired) electrons. The molecule has 62 valence electrons. The highest BCUT2D eigenvalue weighted by Crippen LogP contribution is 2.16. The average Bonchev–Trinajstić information content (AvgIpc) is 2.24. The van der Waals surface area contributed by atoms with Crippen LogP contribution >= 0.6 is 0 Å². The molecule has 2 rings (SSSR count). The molecule has 1 aliphatic heterocycles. The van der Waals surface area contributed by atoms with Crippen molar-refractivity contribution in [3.8, 4) is 0 Å². The zero-order valence-corrected chi connectivity index (χ0v) is 7.16. The molecule has 0 N–H and O–H groups in total. The molecule has 0 aliphatic carbocycles. The van der Waals surface area contributed by atoms with E-state index in [1.165, 1.54) is 0 Å². The van der Waals surface area contributed by atoms with E-state index in [2.05, 4.69) is 4.99 Å². The lowest BCUT2D eigenvalue weighted by atomic mass is 10.0. The van der Waals surface area contributed by atoms with Crippen molar-refractivity contribution in [3.63, 3.8) is 0 Å². The maximum atomic E-state index is 11.6. The van der Waals surface area contributed by atoms with Crippen molar-refractivity contribution in [2.75, 3.05) is 0 Å². The molecule has 0 saturated heterocycles. The van der Waals surface area contributed by atoms with E-state index in [0.29, 0.717) is 0 Å². The zero-order chi connectivity index (χ0) is 8.77. The molecular weight excluding hydrogens is 150 g/mol. The zero-order valence-electron chi connectivity index (χ0n) is 7.16. The highest BCUT2D eigenvalue weighted by atomic mass is 16.3. The van der Waals surface area contributed by atoms with Crippen molar-refractivity contribution < 1.29 is 5.11 Å². The number of para-hydroxylation sites is 1. The normalized spacial score (nSPS) is 18.7. The first-order chi connectivity index (χ1) is 5.61. The molecule has 0 unspecified atom stereocenters. The summed E-state index contributed by atoms with van der Waals surface area (Å²) in [5.41, 5.74) is -0.552. The Bertz CT molecular complexity index is 431. The van der Waals surface area contributed by atoms with Crippen LogP contribution < -0.4 is 15.7 Å². The monoisotopic (exact) mass is 160 g/mol. The van der Waals surface area contributed by atoms with E-state index < -0.39 is 5.54 Å². The largest absolute Gasteiger partial charge is 0.873 e. The van der Waals surface area contributed by atoms with E-state index in [1.807, 2.05) is 38.1 Å². The van der Waals surface area contributed by atoms with Gasteiger partial charge < -0.3 is 5.11 Å². The van der Waals surface area contributed by atoms with Gasteiger partial charge in [0.15, 0.2) is 0 Å². The van der Waals surface area contributed by atoms with Crippen LogP contribution in [0.5, 0.6) is 0 Å². The smallest absolute Gasteiger partial charge is 0.0675 e. The van der Waals surface area contributed by atoms with E-state index in [-0.39, 0.29) is 5.76 Å². The predicted octanol–water partition coefficient (Wildman–Crippen LogP) is -0.433. The van der Waals surface area contributed by atoms with Gasteiger partial charge in [-0.2, -0.15) is 0 Å². The van der Waals surface area contributed by atoms with Crippen LogP contribution in [-0.4, -0.2) is 5.54 Å². The number of fused-ring (bicyclic) bond motifs is 1. The van der Waals surface area contributed by atoms with Crippen LogP contribution in [0.4, 0.5) is 0 Å². The third-order valence-corrected chi connectivity index (χ3v) is 2.10. The van der Waals surface area contributed by atoms with Crippen LogP contribution in [0.1, 0.15) is 13.8 Å². The standard InChI is InChI=1S/C10H11NO/c1-10(2)9(12)7-5-3-4-6-8(7)11-10/h3-6,12H,1-2H3/p-1. The molecule has 1 aromatic carbocycles. The number of benzene rings is 1. The second-order valence-electron chi connectivity index (χ2n) is 3.52. The first-order valence-corrected chi connectivity index (χ1v) is 3.98. The summed E-state index contributed by atoms with van der Waals surface area (Å²) >= 11 is 0. The summed E-state index contributed by atoms with van der Waals surface area (Å²) in [5, 5.41) is 13.2. The van der Waals surface area contributed by atoms with Crippen LogP contribution in [-0.2, 0) is 0 Å². The Morgan fingerprint density at radius 3 is 2.58 bits per heavy atom. The van der Waals surface area contributed by atoms with E-state index in [9.17, 15) is 5.11 Å². The number of nitrogens with zero attached hydrogens (tertiary/aromatic N) is 1.